The van der Waals surface area contributed by atoms with Crippen molar-refractivity contribution in [2.75, 3.05) is 18.7 Å². The number of hydrogen-bond acceptors (Lipinski definition) is 7. The Morgan fingerprint density at radius 1 is 1.32 bits per heavy atom. The molecule has 2 fully saturated rings. The fraction of sp³-hybridized carbons (Fsp3) is 0.250. The maximum atomic E-state index is 12.5. The molecular formula is C16H13N2O4S3-. The normalized spacial score (nSPS) is 22.1. The smallest absolute Gasteiger partial charge is 0.265 e. The zero-order valence-corrected chi connectivity index (χ0v) is 15.6. The lowest BCUT2D eigenvalue weighted by Crippen LogP contribution is -2.48. The first-order valence-electron chi connectivity index (χ1n) is 7.29. The van der Waals surface area contributed by atoms with Gasteiger partial charge in [0.1, 0.15) is 4.32 Å². The maximum Gasteiger partial charge on any atom is 0.265 e. The van der Waals surface area contributed by atoms with Crippen molar-refractivity contribution in [2.24, 2.45) is 0 Å². The Morgan fingerprint density at radius 3 is 2.56 bits per heavy atom. The summed E-state index contributed by atoms with van der Waals surface area (Å²) >= 11 is 7.70. The first kappa shape index (κ1) is 18.0. The number of carbonyl (C=O) groups excluding carboxylic acids is 3. The highest BCUT2D eigenvalue weighted by Crippen LogP contribution is 2.31. The second kappa shape index (κ2) is 7.19. The van der Waals surface area contributed by atoms with E-state index in [0.29, 0.717) is 26.4 Å². The summed E-state index contributed by atoms with van der Waals surface area (Å²) in [6.45, 7) is 0. The van der Waals surface area contributed by atoms with Crippen LogP contribution in [0.3, 0.4) is 0 Å². The van der Waals surface area contributed by atoms with Gasteiger partial charge < -0.3 is 14.8 Å². The Hall–Kier alpha value is -1.84. The van der Waals surface area contributed by atoms with Gasteiger partial charge in [0.15, 0.2) is 0 Å². The number of nitrogens with zero attached hydrogens (tertiary/aromatic N) is 2. The van der Waals surface area contributed by atoms with Crippen LogP contribution in [0.1, 0.15) is 15.9 Å². The lowest BCUT2D eigenvalue weighted by molar-refractivity contribution is -0.309. The first-order valence-corrected chi connectivity index (χ1v) is 9.67. The third kappa shape index (κ3) is 3.58. The standard InChI is InChI=1S/C16H14N2O4S3/c1-17-14(20)12(25-16(17)23)6-9-2-4-10(5-3-9)13(19)18-8-24-7-11(18)15(21)22/h2-6,11H,7-8H2,1H3,(H,21,22)/p-1/b12-6+/t11-/m0/s1. The Morgan fingerprint density at radius 2 is 2.00 bits per heavy atom. The molecule has 2 saturated heterocycles. The van der Waals surface area contributed by atoms with Crippen LogP contribution in [-0.2, 0) is 9.59 Å². The SMILES string of the molecule is CN1C(=O)/C(=C\c2ccc(C(=O)N3CSC[C@H]3C(=O)[O-])cc2)SC1=S. The predicted octanol–water partition coefficient (Wildman–Crippen LogP) is 0.783. The molecule has 0 unspecified atom stereocenters. The van der Waals surface area contributed by atoms with E-state index in [0.717, 1.165) is 5.56 Å². The molecule has 0 radical (unpaired) electrons. The number of likely N-dealkylation sites (N-methyl/N-ethyl adjacent to an activating group) is 1. The summed E-state index contributed by atoms with van der Waals surface area (Å²) in [5, 5.41) is 11.1. The summed E-state index contributed by atoms with van der Waals surface area (Å²) in [7, 11) is 1.63. The quantitative estimate of drug-likeness (QED) is 0.555. The largest absolute Gasteiger partial charge is 0.548 e. The van der Waals surface area contributed by atoms with Gasteiger partial charge in [0, 0.05) is 18.4 Å². The Labute approximate surface area is 158 Å². The van der Waals surface area contributed by atoms with E-state index in [1.54, 1.807) is 37.4 Å². The van der Waals surface area contributed by atoms with Crippen LogP contribution in [0.5, 0.6) is 0 Å². The number of thioether (sulfide) groups is 2. The Kier molecular flexibility index (Phi) is 5.16. The van der Waals surface area contributed by atoms with E-state index in [2.05, 4.69) is 0 Å². The minimum Gasteiger partial charge on any atom is -0.548 e. The summed E-state index contributed by atoms with van der Waals surface area (Å²) < 4.78 is 0.503. The molecule has 130 valence electrons. The van der Waals surface area contributed by atoms with Crippen molar-refractivity contribution in [1.82, 2.24) is 9.80 Å². The summed E-state index contributed by atoms with van der Waals surface area (Å²) in [5.74, 6) is -1.06. The molecule has 0 bridgehead atoms. The van der Waals surface area contributed by atoms with E-state index >= 15 is 0 Å². The van der Waals surface area contributed by atoms with Gasteiger partial charge in [0.2, 0.25) is 0 Å². The van der Waals surface area contributed by atoms with Gasteiger partial charge in [0.25, 0.3) is 11.8 Å². The number of carboxylic acids is 1. The highest BCUT2D eigenvalue weighted by atomic mass is 32.2. The van der Waals surface area contributed by atoms with Crippen LogP contribution in [0, 0.1) is 0 Å². The summed E-state index contributed by atoms with van der Waals surface area (Å²) in [6.07, 6.45) is 1.72. The van der Waals surface area contributed by atoms with Crippen LogP contribution in [0.4, 0.5) is 0 Å². The molecule has 2 heterocycles. The van der Waals surface area contributed by atoms with Gasteiger partial charge in [-0.05, 0) is 23.8 Å². The maximum absolute atomic E-state index is 12.5. The van der Waals surface area contributed by atoms with Crippen molar-refractivity contribution in [1.29, 1.82) is 0 Å². The van der Waals surface area contributed by atoms with Gasteiger partial charge in [-0.25, -0.2) is 0 Å². The number of aliphatic carboxylic acids is 1. The molecule has 1 aromatic carbocycles. The Bertz CT molecular complexity index is 791. The molecule has 0 aromatic heterocycles. The van der Waals surface area contributed by atoms with Gasteiger partial charge >= 0.3 is 0 Å². The van der Waals surface area contributed by atoms with Crippen molar-refractivity contribution >= 4 is 63.9 Å². The number of carbonyl (C=O) groups is 3. The molecule has 0 spiro atoms. The molecule has 3 rings (SSSR count). The average Bonchev–Trinajstić information content (AvgIpc) is 3.17. The topological polar surface area (TPSA) is 80.8 Å². The predicted molar refractivity (Wildman–Crippen MR) is 99.7 cm³/mol. The van der Waals surface area contributed by atoms with E-state index in [4.69, 9.17) is 12.2 Å². The zero-order valence-electron chi connectivity index (χ0n) is 13.1. The minimum atomic E-state index is -1.24. The number of rotatable bonds is 3. The second-order valence-electron chi connectivity index (χ2n) is 5.47. The fourth-order valence-electron chi connectivity index (χ4n) is 2.42. The summed E-state index contributed by atoms with van der Waals surface area (Å²) in [4.78, 5) is 38.8. The summed E-state index contributed by atoms with van der Waals surface area (Å²) in [6, 6.07) is 5.77. The van der Waals surface area contributed by atoms with E-state index in [9.17, 15) is 19.5 Å². The van der Waals surface area contributed by atoms with Crippen molar-refractivity contribution < 1.29 is 19.5 Å². The average molecular weight is 393 g/mol. The molecule has 1 atom stereocenters. The molecule has 9 heteroatoms. The van der Waals surface area contributed by atoms with Gasteiger partial charge in [-0.15, -0.1) is 11.8 Å². The number of hydrogen-bond donors (Lipinski definition) is 0. The first-order chi connectivity index (χ1) is 11.9. The van der Waals surface area contributed by atoms with Crippen LogP contribution >= 0.6 is 35.7 Å². The van der Waals surface area contributed by atoms with E-state index in [-0.39, 0.29) is 11.8 Å². The minimum absolute atomic E-state index is 0.152. The monoisotopic (exact) mass is 393 g/mol. The van der Waals surface area contributed by atoms with Crippen molar-refractivity contribution in [2.45, 2.75) is 6.04 Å². The number of carboxylic acid groups (broad SMARTS) is 1. The van der Waals surface area contributed by atoms with E-state index in [1.165, 1.54) is 33.3 Å². The highest BCUT2D eigenvalue weighted by molar-refractivity contribution is 8.26. The molecular weight excluding hydrogens is 380 g/mol. The van der Waals surface area contributed by atoms with Crippen LogP contribution in [0.2, 0.25) is 0 Å². The van der Waals surface area contributed by atoms with Crippen LogP contribution in [0.25, 0.3) is 6.08 Å². The van der Waals surface area contributed by atoms with E-state index < -0.39 is 12.0 Å². The molecule has 2 aliphatic rings. The Balaban J connectivity index is 1.77. The third-order valence-electron chi connectivity index (χ3n) is 3.86. The van der Waals surface area contributed by atoms with Gasteiger partial charge in [0.05, 0.1) is 22.8 Å². The second-order valence-corrected chi connectivity index (χ2v) is 8.15. The molecule has 1 aromatic rings. The molecule has 6 nitrogen and oxygen atoms in total. The van der Waals surface area contributed by atoms with Crippen LogP contribution in [0.15, 0.2) is 29.2 Å². The van der Waals surface area contributed by atoms with Gasteiger partial charge in [-0.2, -0.15) is 0 Å². The molecule has 2 amide bonds. The number of benzene rings is 1. The molecule has 25 heavy (non-hydrogen) atoms. The lowest BCUT2D eigenvalue weighted by Gasteiger charge is -2.24. The number of thiocarbonyl (C=S) groups is 1. The van der Waals surface area contributed by atoms with Crippen molar-refractivity contribution in [3.63, 3.8) is 0 Å². The lowest BCUT2D eigenvalue weighted by atomic mass is 10.1. The number of amides is 2. The fourth-order valence-corrected chi connectivity index (χ4v) is 4.74. The molecule has 0 saturated carbocycles. The van der Waals surface area contributed by atoms with E-state index in [1.807, 2.05) is 0 Å². The summed E-state index contributed by atoms with van der Waals surface area (Å²) in [5.41, 5.74) is 1.16. The third-order valence-corrected chi connectivity index (χ3v) is 6.35. The molecule has 0 N–H and O–H groups in total. The van der Waals surface area contributed by atoms with Crippen molar-refractivity contribution in [3.05, 3.63) is 40.3 Å². The highest BCUT2D eigenvalue weighted by Gasteiger charge is 2.31. The zero-order chi connectivity index (χ0) is 18.1. The molecule has 2 aliphatic heterocycles. The van der Waals surface area contributed by atoms with Gasteiger partial charge in [-0.3, -0.25) is 14.5 Å². The van der Waals surface area contributed by atoms with Crippen molar-refractivity contribution in [3.8, 4) is 0 Å². The van der Waals surface area contributed by atoms with Gasteiger partial charge in [-0.1, -0.05) is 36.1 Å². The van der Waals surface area contributed by atoms with Crippen LogP contribution in [-0.4, -0.2) is 56.6 Å². The molecule has 0 aliphatic carbocycles. The van der Waals surface area contributed by atoms with Crippen LogP contribution < -0.4 is 5.11 Å².